The zero-order valence-corrected chi connectivity index (χ0v) is 12.8. The highest BCUT2D eigenvalue weighted by molar-refractivity contribution is 6.32. The number of carbonyl (C=O) groups excluding carboxylic acids is 2. The molecule has 1 aromatic carbocycles. The Bertz CT molecular complexity index is 568. The van der Waals surface area contributed by atoms with Crippen LogP contribution in [0.15, 0.2) is 18.2 Å². The summed E-state index contributed by atoms with van der Waals surface area (Å²) < 4.78 is 18.3. The van der Waals surface area contributed by atoms with Crippen molar-refractivity contribution in [3.05, 3.63) is 29.0 Å². The Morgan fingerprint density at radius 3 is 2.91 bits per heavy atom. The Morgan fingerprint density at radius 2 is 2.23 bits per heavy atom. The molecular formula is C15H18ClFN2O3. The third-order valence-corrected chi connectivity index (χ3v) is 3.94. The van der Waals surface area contributed by atoms with Crippen molar-refractivity contribution in [2.24, 2.45) is 11.7 Å². The first-order chi connectivity index (χ1) is 10.5. The Labute approximate surface area is 133 Å². The summed E-state index contributed by atoms with van der Waals surface area (Å²) in [5.74, 6) is -0.843. The molecule has 1 aliphatic rings. The fourth-order valence-corrected chi connectivity index (χ4v) is 2.66. The fourth-order valence-electron chi connectivity index (χ4n) is 2.43. The summed E-state index contributed by atoms with van der Waals surface area (Å²) in [6.07, 6.45) is 1.66. The van der Waals surface area contributed by atoms with Crippen molar-refractivity contribution >= 4 is 23.4 Å². The first kappa shape index (κ1) is 16.5. The number of nitrogens with zero attached hydrogens (tertiary/aromatic N) is 1. The molecule has 120 valence electrons. The molecule has 1 atom stereocenters. The second-order valence-electron chi connectivity index (χ2n) is 5.25. The number of likely N-dealkylation sites (tertiary alicyclic amines) is 1. The molecule has 1 saturated heterocycles. The smallest absolute Gasteiger partial charge is 0.226 e. The average Bonchev–Trinajstić information content (AvgIpc) is 2.49. The molecule has 1 aromatic rings. The minimum atomic E-state index is -0.445. The van der Waals surface area contributed by atoms with Crippen LogP contribution in [0, 0.1) is 11.7 Å². The molecule has 2 rings (SSSR count). The van der Waals surface area contributed by atoms with Gasteiger partial charge in [-0.05, 0) is 31.0 Å². The number of carbonyl (C=O) groups is 2. The first-order valence-electron chi connectivity index (χ1n) is 7.12. The fraction of sp³-hybridized carbons (Fsp3) is 0.467. The van der Waals surface area contributed by atoms with Crippen LogP contribution in [-0.2, 0) is 9.59 Å². The zero-order valence-electron chi connectivity index (χ0n) is 12.1. The van der Waals surface area contributed by atoms with Crippen molar-refractivity contribution in [3.8, 4) is 5.75 Å². The number of rotatable bonds is 5. The van der Waals surface area contributed by atoms with E-state index in [-0.39, 0.29) is 35.8 Å². The van der Waals surface area contributed by atoms with Gasteiger partial charge in [-0.15, -0.1) is 0 Å². The number of hydrogen-bond donors (Lipinski definition) is 1. The van der Waals surface area contributed by atoms with Crippen LogP contribution in [0.25, 0.3) is 0 Å². The summed E-state index contributed by atoms with van der Waals surface area (Å²) >= 11 is 5.84. The Hall–Kier alpha value is -1.82. The van der Waals surface area contributed by atoms with Crippen LogP contribution in [-0.4, -0.2) is 36.4 Å². The van der Waals surface area contributed by atoms with E-state index in [1.165, 1.54) is 12.1 Å². The van der Waals surface area contributed by atoms with E-state index in [0.29, 0.717) is 18.8 Å². The van der Waals surface area contributed by atoms with Gasteiger partial charge in [0, 0.05) is 13.1 Å². The van der Waals surface area contributed by atoms with Crippen LogP contribution >= 0.6 is 11.6 Å². The molecule has 0 radical (unpaired) electrons. The van der Waals surface area contributed by atoms with E-state index in [4.69, 9.17) is 22.1 Å². The van der Waals surface area contributed by atoms with Gasteiger partial charge in [-0.3, -0.25) is 9.59 Å². The van der Waals surface area contributed by atoms with Crippen LogP contribution in [0.4, 0.5) is 4.39 Å². The number of benzene rings is 1. The lowest BCUT2D eigenvalue weighted by Gasteiger charge is -2.31. The van der Waals surface area contributed by atoms with Crippen molar-refractivity contribution in [1.29, 1.82) is 0 Å². The van der Waals surface area contributed by atoms with Gasteiger partial charge < -0.3 is 15.4 Å². The van der Waals surface area contributed by atoms with Crippen molar-refractivity contribution in [2.75, 3.05) is 19.7 Å². The molecule has 0 aliphatic carbocycles. The lowest BCUT2D eigenvalue weighted by Crippen LogP contribution is -2.44. The molecule has 5 nitrogen and oxygen atoms in total. The highest BCUT2D eigenvalue weighted by Crippen LogP contribution is 2.25. The van der Waals surface area contributed by atoms with Crippen LogP contribution in [0.1, 0.15) is 19.3 Å². The molecule has 1 fully saturated rings. The summed E-state index contributed by atoms with van der Waals surface area (Å²) in [6, 6.07) is 3.82. The van der Waals surface area contributed by atoms with Crippen LogP contribution in [0.2, 0.25) is 5.02 Å². The molecular weight excluding hydrogens is 311 g/mol. The van der Waals surface area contributed by atoms with E-state index in [1.807, 2.05) is 0 Å². The van der Waals surface area contributed by atoms with E-state index in [2.05, 4.69) is 0 Å². The van der Waals surface area contributed by atoms with E-state index < -0.39 is 5.82 Å². The van der Waals surface area contributed by atoms with E-state index in [0.717, 1.165) is 18.9 Å². The highest BCUT2D eigenvalue weighted by Gasteiger charge is 2.26. The molecule has 1 aliphatic heterocycles. The van der Waals surface area contributed by atoms with Gasteiger partial charge in [0.25, 0.3) is 0 Å². The predicted octanol–water partition coefficient (Wildman–Crippen LogP) is 1.97. The van der Waals surface area contributed by atoms with Crippen LogP contribution in [0.3, 0.4) is 0 Å². The standard InChI is InChI=1S/C15H18ClFN2O3/c16-12-8-11(17)3-4-13(12)22-7-5-14(20)19-6-1-2-10(9-19)15(18)21/h3-4,8,10H,1-2,5-7,9H2,(H2,18,21)/t10-/m0/s1. The Morgan fingerprint density at radius 1 is 1.45 bits per heavy atom. The zero-order chi connectivity index (χ0) is 16.1. The number of hydrogen-bond acceptors (Lipinski definition) is 3. The second-order valence-corrected chi connectivity index (χ2v) is 5.66. The molecule has 7 heteroatoms. The normalized spacial score (nSPS) is 18.1. The molecule has 0 spiro atoms. The Balaban J connectivity index is 1.81. The quantitative estimate of drug-likeness (QED) is 0.898. The van der Waals surface area contributed by atoms with Gasteiger partial charge in [0.2, 0.25) is 11.8 Å². The Kier molecular flexibility index (Phi) is 5.60. The number of ether oxygens (including phenoxy) is 1. The van der Waals surface area contributed by atoms with Crippen molar-refractivity contribution in [3.63, 3.8) is 0 Å². The number of piperidine rings is 1. The molecule has 22 heavy (non-hydrogen) atoms. The maximum Gasteiger partial charge on any atom is 0.226 e. The average molecular weight is 329 g/mol. The summed E-state index contributed by atoms with van der Waals surface area (Å²) in [5.41, 5.74) is 5.29. The van der Waals surface area contributed by atoms with E-state index in [1.54, 1.807) is 4.90 Å². The number of halogens is 2. The second kappa shape index (κ2) is 7.45. The monoisotopic (exact) mass is 328 g/mol. The van der Waals surface area contributed by atoms with Crippen molar-refractivity contribution in [2.45, 2.75) is 19.3 Å². The summed E-state index contributed by atoms with van der Waals surface area (Å²) in [7, 11) is 0. The number of nitrogens with two attached hydrogens (primary N) is 1. The maximum absolute atomic E-state index is 12.9. The van der Waals surface area contributed by atoms with Crippen molar-refractivity contribution < 1.29 is 18.7 Å². The van der Waals surface area contributed by atoms with Crippen LogP contribution in [0.5, 0.6) is 5.75 Å². The topological polar surface area (TPSA) is 72.6 Å². The molecule has 0 aromatic heterocycles. The van der Waals surface area contributed by atoms with Gasteiger partial charge >= 0.3 is 0 Å². The van der Waals surface area contributed by atoms with Crippen LogP contribution < -0.4 is 10.5 Å². The largest absolute Gasteiger partial charge is 0.491 e. The molecule has 0 bridgehead atoms. The third-order valence-electron chi connectivity index (χ3n) is 3.64. The van der Waals surface area contributed by atoms with E-state index in [9.17, 15) is 14.0 Å². The van der Waals surface area contributed by atoms with Gasteiger partial charge in [-0.1, -0.05) is 11.6 Å². The number of primary amides is 1. The molecule has 1 heterocycles. The minimum Gasteiger partial charge on any atom is -0.491 e. The summed E-state index contributed by atoms with van der Waals surface area (Å²) in [5, 5.41) is 0.166. The predicted molar refractivity (Wildman–Crippen MR) is 80.0 cm³/mol. The molecule has 0 unspecified atom stereocenters. The van der Waals surface area contributed by atoms with Gasteiger partial charge in [0.05, 0.1) is 24.0 Å². The van der Waals surface area contributed by atoms with Crippen molar-refractivity contribution in [1.82, 2.24) is 4.90 Å². The highest BCUT2D eigenvalue weighted by atomic mass is 35.5. The lowest BCUT2D eigenvalue weighted by molar-refractivity contribution is -0.135. The molecule has 2 amide bonds. The minimum absolute atomic E-state index is 0.0933. The van der Waals surface area contributed by atoms with Gasteiger partial charge in [-0.2, -0.15) is 0 Å². The van der Waals surface area contributed by atoms with Gasteiger partial charge in [-0.25, -0.2) is 4.39 Å². The molecule has 2 N–H and O–H groups in total. The van der Waals surface area contributed by atoms with E-state index >= 15 is 0 Å². The lowest BCUT2D eigenvalue weighted by atomic mass is 9.97. The first-order valence-corrected chi connectivity index (χ1v) is 7.50. The number of amides is 2. The SMILES string of the molecule is NC(=O)[C@H]1CCCN(C(=O)CCOc2ccc(F)cc2Cl)C1. The summed E-state index contributed by atoms with van der Waals surface area (Å²) in [4.78, 5) is 24.9. The maximum atomic E-state index is 12.9. The molecule has 0 saturated carbocycles. The summed E-state index contributed by atoms with van der Waals surface area (Å²) in [6.45, 7) is 1.13. The van der Waals surface area contributed by atoms with Gasteiger partial charge in [0.1, 0.15) is 11.6 Å². The van der Waals surface area contributed by atoms with Gasteiger partial charge in [0.15, 0.2) is 0 Å². The third kappa shape index (κ3) is 4.34.